The summed E-state index contributed by atoms with van der Waals surface area (Å²) in [5.41, 5.74) is 2.50. The summed E-state index contributed by atoms with van der Waals surface area (Å²) < 4.78 is 0. The molecule has 1 aromatic heterocycles. The number of benzene rings is 2. The van der Waals surface area contributed by atoms with E-state index >= 15 is 0 Å². The van der Waals surface area contributed by atoms with Gasteiger partial charge in [-0.1, -0.05) is 64.6 Å². The minimum absolute atomic E-state index is 0.472. The number of nitrogens with one attached hydrogen (secondary N) is 2. The molecule has 2 aromatic carbocycles. The third-order valence-corrected chi connectivity index (χ3v) is 4.41. The van der Waals surface area contributed by atoms with Gasteiger partial charge in [0.15, 0.2) is 0 Å². The minimum Gasteiger partial charge on any atom is -0.377 e. The standard InChI is InChI=1S/C15H10Cl4N2/c16-8-5-10(17)15(11(18)6-8)20-7-13-14(19)9-3-1-2-4-12(9)21-13/h1-6,20-21H,7H2. The van der Waals surface area contributed by atoms with Crippen molar-refractivity contribution in [1.29, 1.82) is 0 Å². The fourth-order valence-electron chi connectivity index (χ4n) is 2.17. The molecule has 0 aliphatic heterocycles. The summed E-state index contributed by atoms with van der Waals surface area (Å²) in [7, 11) is 0. The Hall–Kier alpha value is -1.06. The van der Waals surface area contributed by atoms with Gasteiger partial charge in [-0.05, 0) is 18.2 Å². The number of anilines is 1. The van der Waals surface area contributed by atoms with E-state index in [1.807, 2.05) is 24.3 Å². The topological polar surface area (TPSA) is 27.8 Å². The average molecular weight is 360 g/mol. The van der Waals surface area contributed by atoms with Crippen molar-refractivity contribution in [3.05, 3.63) is 62.2 Å². The van der Waals surface area contributed by atoms with Crippen molar-refractivity contribution >= 4 is 63.0 Å². The zero-order chi connectivity index (χ0) is 15.0. The van der Waals surface area contributed by atoms with Gasteiger partial charge < -0.3 is 10.3 Å². The molecule has 6 heteroatoms. The molecule has 0 saturated heterocycles. The first-order valence-corrected chi connectivity index (χ1v) is 7.71. The first-order chi connectivity index (χ1) is 10.1. The number of aromatic nitrogens is 1. The van der Waals surface area contributed by atoms with Crippen LogP contribution in [0.2, 0.25) is 20.1 Å². The smallest absolute Gasteiger partial charge is 0.0723 e. The lowest BCUT2D eigenvalue weighted by Gasteiger charge is -2.10. The molecule has 3 aromatic rings. The minimum atomic E-state index is 0.472. The monoisotopic (exact) mass is 358 g/mol. The van der Waals surface area contributed by atoms with E-state index < -0.39 is 0 Å². The third-order valence-electron chi connectivity index (χ3n) is 3.16. The van der Waals surface area contributed by atoms with Crippen molar-refractivity contribution in [3.8, 4) is 0 Å². The Kier molecular flexibility index (Phi) is 4.23. The summed E-state index contributed by atoms with van der Waals surface area (Å²) in [6, 6.07) is 11.1. The molecule has 0 aliphatic rings. The van der Waals surface area contributed by atoms with Gasteiger partial charge in [-0.3, -0.25) is 0 Å². The van der Waals surface area contributed by atoms with Crippen molar-refractivity contribution in [1.82, 2.24) is 4.98 Å². The van der Waals surface area contributed by atoms with Crippen LogP contribution in [0.1, 0.15) is 5.69 Å². The van der Waals surface area contributed by atoms with Crippen molar-refractivity contribution in [2.75, 3.05) is 5.32 Å². The Morgan fingerprint density at radius 3 is 2.29 bits per heavy atom. The molecule has 108 valence electrons. The average Bonchev–Trinajstić information content (AvgIpc) is 2.75. The van der Waals surface area contributed by atoms with E-state index in [1.165, 1.54) is 0 Å². The molecule has 0 aliphatic carbocycles. The molecule has 0 bridgehead atoms. The van der Waals surface area contributed by atoms with Gasteiger partial charge in [0.1, 0.15) is 0 Å². The highest BCUT2D eigenvalue weighted by atomic mass is 35.5. The zero-order valence-corrected chi connectivity index (χ0v) is 13.7. The van der Waals surface area contributed by atoms with E-state index in [-0.39, 0.29) is 0 Å². The number of para-hydroxylation sites is 1. The number of hydrogen-bond donors (Lipinski definition) is 2. The molecule has 0 unspecified atom stereocenters. The summed E-state index contributed by atoms with van der Waals surface area (Å²) in [5.74, 6) is 0. The number of fused-ring (bicyclic) bond motifs is 1. The summed E-state index contributed by atoms with van der Waals surface area (Å²) in [6.07, 6.45) is 0. The molecule has 0 fully saturated rings. The predicted octanol–water partition coefficient (Wildman–Crippen LogP) is 6.39. The first-order valence-electron chi connectivity index (χ1n) is 6.20. The molecule has 1 heterocycles. The Labute approximate surface area is 142 Å². The van der Waals surface area contributed by atoms with Crippen LogP contribution in [0.4, 0.5) is 5.69 Å². The van der Waals surface area contributed by atoms with Crippen LogP contribution in [-0.2, 0) is 6.54 Å². The summed E-state index contributed by atoms with van der Waals surface area (Å²) >= 11 is 24.6. The van der Waals surface area contributed by atoms with Gasteiger partial charge in [0.25, 0.3) is 0 Å². The number of halogens is 4. The van der Waals surface area contributed by atoms with Gasteiger partial charge in [0, 0.05) is 15.9 Å². The van der Waals surface area contributed by atoms with Crippen LogP contribution in [0, 0.1) is 0 Å². The SMILES string of the molecule is Clc1cc(Cl)c(NCc2[nH]c3ccccc3c2Cl)c(Cl)c1. The second-order valence-corrected chi connectivity index (χ2v) is 6.19. The molecule has 2 N–H and O–H groups in total. The highest BCUT2D eigenvalue weighted by molar-refractivity contribution is 6.41. The lowest BCUT2D eigenvalue weighted by Crippen LogP contribution is -2.01. The number of H-pyrrole nitrogens is 1. The molecular formula is C15H10Cl4N2. The maximum absolute atomic E-state index is 6.37. The molecule has 3 rings (SSSR count). The van der Waals surface area contributed by atoms with Crippen LogP contribution < -0.4 is 5.32 Å². The van der Waals surface area contributed by atoms with Crippen LogP contribution in [0.15, 0.2) is 36.4 Å². The molecule has 0 spiro atoms. The second-order valence-electron chi connectivity index (χ2n) is 4.56. The van der Waals surface area contributed by atoms with E-state index in [0.29, 0.717) is 32.3 Å². The number of hydrogen-bond acceptors (Lipinski definition) is 1. The Bertz CT molecular complexity index is 788. The Morgan fingerprint density at radius 1 is 0.952 bits per heavy atom. The maximum atomic E-state index is 6.37. The molecule has 0 saturated carbocycles. The van der Waals surface area contributed by atoms with Gasteiger partial charge in [0.2, 0.25) is 0 Å². The molecule has 0 amide bonds. The molecule has 2 nitrogen and oxygen atoms in total. The molecular weight excluding hydrogens is 350 g/mol. The van der Waals surface area contributed by atoms with E-state index in [2.05, 4.69) is 10.3 Å². The van der Waals surface area contributed by atoms with Crippen molar-refractivity contribution in [3.63, 3.8) is 0 Å². The van der Waals surface area contributed by atoms with E-state index in [4.69, 9.17) is 46.4 Å². The van der Waals surface area contributed by atoms with Crippen LogP contribution >= 0.6 is 46.4 Å². The predicted molar refractivity (Wildman–Crippen MR) is 92.1 cm³/mol. The lowest BCUT2D eigenvalue weighted by atomic mass is 10.2. The van der Waals surface area contributed by atoms with Crippen LogP contribution in [-0.4, -0.2) is 4.98 Å². The lowest BCUT2D eigenvalue weighted by molar-refractivity contribution is 1.09. The largest absolute Gasteiger partial charge is 0.377 e. The third kappa shape index (κ3) is 2.95. The van der Waals surface area contributed by atoms with Gasteiger partial charge >= 0.3 is 0 Å². The summed E-state index contributed by atoms with van der Waals surface area (Å²) in [5, 5.41) is 6.32. The zero-order valence-electron chi connectivity index (χ0n) is 10.7. The van der Waals surface area contributed by atoms with Crippen molar-refractivity contribution < 1.29 is 0 Å². The molecule has 0 radical (unpaired) electrons. The Morgan fingerprint density at radius 2 is 1.62 bits per heavy atom. The number of aromatic amines is 1. The van der Waals surface area contributed by atoms with Gasteiger partial charge in [0.05, 0.1) is 33.0 Å². The number of rotatable bonds is 3. The highest BCUT2D eigenvalue weighted by Gasteiger charge is 2.11. The van der Waals surface area contributed by atoms with Crippen molar-refractivity contribution in [2.24, 2.45) is 0 Å². The summed E-state index contributed by atoms with van der Waals surface area (Å²) in [4.78, 5) is 3.28. The van der Waals surface area contributed by atoms with Crippen LogP contribution in [0.5, 0.6) is 0 Å². The van der Waals surface area contributed by atoms with Crippen molar-refractivity contribution in [2.45, 2.75) is 6.54 Å². The fraction of sp³-hybridized carbons (Fsp3) is 0.0667. The molecule has 21 heavy (non-hydrogen) atoms. The van der Waals surface area contributed by atoms with E-state index in [0.717, 1.165) is 16.6 Å². The van der Waals surface area contributed by atoms with Gasteiger partial charge in [-0.2, -0.15) is 0 Å². The van der Waals surface area contributed by atoms with Gasteiger partial charge in [-0.15, -0.1) is 0 Å². The highest BCUT2D eigenvalue weighted by Crippen LogP contribution is 2.35. The van der Waals surface area contributed by atoms with E-state index in [9.17, 15) is 0 Å². The normalized spacial score (nSPS) is 11.0. The van der Waals surface area contributed by atoms with Crippen LogP contribution in [0.3, 0.4) is 0 Å². The van der Waals surface area contributed by atoms with Crippen LogP contribution in [0.25, 0.3) is 10.9 Å². The quantitative estimate of drug-likeness (QED) is 0.556. The molecule has 0 atom stereocenters. The first kappa shape index (κ1) is 14.9. The van der Waals surface area contributed by atoms with Gasteiger partial charge in [-0.25, -0.2) is 0 Å². The maximum Gasteiger partial charge on any atom is 0.0723 e. The second kappa shape index (κ2) is 5.98. The summed E-state index contributed by atoms with van der Waals surface area (Å²) in [6.45, 7) is 0.481. The Balaban J connectivity index is 1.89. The van der Waals surface area contributed by atoms with E-state index in [1.54, 1.807) is 12.1 Å². The fourth-order valence-corrected chi connectivity index (χ4v) is 3.40.